The molecule has 1 aliphatic heterocycles. The number of alkyl halides is 3. The van der Waals surface area contributed by atoms with Crippen molar-refractivity contribution < 1.29 is 27.4 Å². The van der Waals surface area contributed by atoms with Gasteiger partial charge in [-0.2, -0.15) is 13.2 Å². The zero-order chi connectivity index (χ0) is 15.5. The van der Waals surface area contributed by atoms with Crippen LogP contribution in [0, 0.1) is 0 Å². The van der Waals surface area contributed by atoms with Crippen molar-refractivity contribution in [2.24, 2.45) is 0 Å². The fraction of sp³-hybridized carbons (Fsp3) is 0.462. The molecule has 2 rings (SSSR count). The van der Waals surface area contributed by atoms with Gasteiger partial charge in [-0.05, 0) is 25.0 Å². The predicted octanol–water partition coefficient (Wildman–Crippen LogP) is 3.40. The standard InChI is InChI=1S/C13H13ClF3NO3/c14-8-3-4-9(11(6-8)21-7-13(15,16)17)18-12(19)10-2-1-5-20-10/h3-4,6,10H,1-2,5,7H2,(H,18,19)/t10-/m1/s1. The summed E-state index contributed by atoms with van der Waals surface area (Å²) in [6, 6.07) is 4.06. The van der Waals surface area contributed by atoms with Crippen molar-refractivity contribution in [3.05, 3.63) is 23.2 Å². The SMILES string of the molecule is O=C(Nc1ccc(Cl)cc1OCC(F)(F)F)[C@H]1CCCO1. The Kier molecular flexibility index (Phi) is 4.95. The van der Waals surface area contributed by atoms with E-state index in [0.717, 1.165) is 6.42 Å². The third-order valence-electron chi connectivity index (χ3n) is 2.81. The molecule has 1 aromatic rings. The number of benzene rings is 1. The number of carbonyl (C=O) groups is 1. The molecule has 0 bridgehead atoms. The molecule has 1 aliphatic rings. The van der Waals surface area contributed by atoms with Crippen molar-refractivity contribution in [2.45, 2.75) is 25.1 Å². The van der Waals surface area contributed by atoms with E-state index in [1.807, 2.05) is 0 Å². The van der Waals surface area contributed by atoms with E-state index < -0.39 is 24.8 Å². The minimum Gasteiger partial charge on any atom is -0.482 e. The van der Waals surface area contributed by atoms with Gasteiger partial charge < -0.3 is 14.8 Å². The number of carbonyl (C=O) groups excluding carboxylic acids is 1. The molecule has 1 atom stereocenters. The molecular formula is C13H13ClF3NO3. The van der Waals surface area contributed by atoms with Gasteiger partial charge in [0.1, 0.15) is 11.9 Å². The second kappa shape index (κ2) is 6.53. The first kappa shape index (κ1) is 15.9. The smallest absolute Gasteiger partial charge is 0.422 e. The zero-order valence-corrected chi connectivity index (χ0v) is 11.6. The van der Waals surface area contributed by atoms with Crippen LogP contribution in [0.3, 0.4) is 0 Å². The van der Waals surface area contributed by atoms with Crippen LogP contribution in [0.2, 0.25) is 5.02 Å². The Bertz CT molecular complexity index is 516. The van der Waals surface area contributed by atoms with E-state index in [1.165, 1.54) is 18.2 Å². The van der Waals surface area contributed by atoms with E-state index in [1.54, 1.807) is 0 Å². The fourth-order valence-corrected chi connectivity index (χ4v) is 2.04. The maximum Gasteiger partial charge on any atom is 0.422 e. The minimum absolute atomic E-state index is 0.129. The molecule has 21 heavy (non-hydrogen) atoms. The van der Waals surface area contributed by atoms with E-state index in [0.29, 0.717) is 13.0 Å². The Labute approximate surface area is 124 Å². The second-order valence-corrected chi connectivity index (χ2v) is 4.97. The molecule has 0 aliphatic carbocycles. The number of halogens is 4. The van der Waals surface area contributed by atoms with Crippen LogP contribution in [-0.4, -0.2) is 31.4 Å². The second-order valence-electron chi connectivity index (χ2n) is 4.54. The molecule has 1 heterocycles. The van der Waals surface area contributed by atoms with Crippen LogP contribution in [0.15, 0.2) is 18.2 Å². The van der Waals surface area contributed by atoms with Crippen LogP contribution < -0.4 is 10.1 Å². The first-order chi connectivity index (χ1) is 9.85. The number of anilines is 1. The topological polar surface area (TPSA) is 47.6 Å². The Morgan fingerprint density at radius 1 is 1.48 bits per heavy atom. The molecule has 0 radical (unpaired) electrons. The molecule has 1 amide bonds. The van der Waals surface area contributed by atoms with Crippen LogP contribution in [0.4, 0.5) is 18.9 Å². The van der Waals surface area contributed by atoms with E-state index in [-0.39, 0.29) is 16.5 Å². The molecule has 1 N–H and O–H groups in total. The molecule has 1 saturated heterocycles. The van der Waals surface area contributed by atoms with Crippen LogP contribution in [0.25, 0.3) is 0 Å². The van der Waals surface area contributed by atoms with Gasteiger partial charge in [0.05, 0.1) is 5.69 Å². The van der Waals surface area contributed by atoms with Gasteiger partial charge in [-0.1, -0.05) is 11.6 Å². The maximum absolute atomic E-state index is 12.2. The summed E-state index contributed by atoms with van der Waals surface area (Å²) in [5.41, 5.74) is 0.129. The summed E-state index contributed by atoms with van der Waals surface area (Å²) < 4.78 is 46.5. The summed E-state index contributed by atoms with van der Waals surface area (Å²) in [6.07, 6.45) is -3.71. The lowest BCUT2D eigenvalue weighted by Gasteiger charge is -2.16. The summed E-state index contributed by atoms with van der Waals surface area (Å²) in [5.74, 6) is -0.544. The highest BCUT2D eigenvalue weighted by atomic mass is 35.5. The first-order valence-corrected chi connectivity index (χ1v) is 6.64. The average Bonchev–Trinajstić information content (AvgIpc) is 2.92. The van der Waals surface area contributed by atoms with Crippen LogP contribution in [-0.2, 0) is 9.53 Å². The van der Waals surface area contributed by atoms with Gasteiger partial charge >= 0.3 is 6.18 Å². The number of rotatable bonds is 4. The Balaban J connectivity index is 2.08. The van der Waals surface area contributed by atoms with Crippen molar-refractivity contribution in [3.8, 4) is 5.75 Å². The predicted molar refractivity (Wildman–Crippen MR) is 70.6 cm³/mol. The molecule has 0 spiro atoms. The maximum atomic E-state index is 12.2. The number of amides is 1. The largest absolute Gasteiger partial charge is 0.482 e. The van der Waals surface area contributed by atoms with Gasteiger partial charge in [0, 0.05) is 17.7 Å². The monoisotopic (exact) mass is 323 g/mol. The highest BCUT2D eigenvalue weighted by Gasteiger charge is 2.29. The summed E-state index contributed by atoms with van der Waals surface area (Å²) in [4.78, 5) is 11.9. The van der Waals surface area contributed by atoms with E-state index >= 15 is 0 Å². The molecule has 0 unspecified atom stereocenters. The van der Waals surface area contributed by atoms with Crippen molar-refractivity contribution in [3.63, 3.8) is 0 Å². The molecule has 116 valence electrons. The van der Waals surface area contributed by atoms with Crippen LogP contribution in [0.1, 0.15) is 12.8 Å². The van der Waals surface area contributed by atoms with Crippen molar-refractivity contribution in [2.75, 3.05) is 18.5 Å². The normalized spacial score (nSPS) is 18.6. The Morgan fingerprint density at radius 3 is 2.86 bits per heavy atom. The number of hydrogen-bond acceptors (Lipinski definition) is 3. The molecule has 1 aromatic carbocycles. The van der Waals surface area contributed by atoms with Crippen molar-refractivity contribution in [1.82, 2.24) is 0 Å². The average molecular weight is 324 g/mol. The van der Waals surface area contributed by atoms with Gasteiger partial charge in [0.15, 0.2) is 6.61 Å². The zero-order valence-electron chi connectivity index (χ0n) is 10.9. The van der Waals surface area contributed by atoms with E-state index in [4.69, 9.17) is 16.3 Å². The summed E-state index contributed by atoms with van der Waals surface area (Å²) in [7, 11) is 0. The molecule has 0 aromatic heterocycles. The fourth-order valence-electron chi connectivity index (χ4n) is 1.88. The van der Waals surface area contributed by atoms with Crippen molar-refractivity contribution >= 4 is 23.2 Å². The minimum atomic E-state index is -4.47. The van der Waals surface area contributed by atoms with Gasteiger partial charge in [-0.25, -0.2) is 0 Å². The first-order valence-electron chi connectivity index (χ1n) is 6.27. The number of ether oxygens (including phenoxy) is 2. The van der Waals surface area contributed by atoms with Crippen LogP contribution >= 0.6 is 11.6 Å². The lowest BCUT2D eigenvalue weighted by molar-refractivity contribution is -0.153. The van der Waals surface area contributed by atoms with Crippen molar-refractivity contribution in [1.29, 1.82) is 0 Å². The van der Waals surface area contributed by atoms with Crippen LogP contribution in [0.5, 0.6) is 5.75 Å². The quantitative estimate of drug-likeness (QED) is 0.924. The third-order valence-corrected chi connectivity index (χ3v) is 3.05. The lowest BCUT2D eigenvalue weighted by Crippen LogP contribution is -2.27. The van der Waals surface area contributed by atoms with E-state index in [2.05, 4.69) is 10.1 Å². The molecular weight excluding hydrogens is 311 g/mol. The van der Waals surface area contributed by atoms with Gasteiger partial charge in [-0.15, -0.1) is 0 Å². The van der Waals surface area contributed by atoms with E-state index in [9.17, 15) is 18.0 Å². The highest BCUT2D eigenvalue weighted by molar-refractivity contribution is 6.30. The Hall–Kier alpha value is -1.47. The molecule has 0 saturated carbocycles. The lowest BCUT2D eigenvalue weighted by atomic mass is 10.2. The summed E-state index contributed by atoms with van der Waals surface area (Å²) in [6.45, 7) is -0.966. The third kappa shape index (κ3) is 4.78. The van der Waals surface area contributed by atoms with Gasteiger partial charge in [0.2, 0.25) is 0 Å². The van der Waals surface area contributed by atoms with Gasteiger partial charge in [-0.3, -0.25) is 4.79 Å². The number of nitrogens with one attached hydrogen (secondary N) is 1. The number of hydrogen-bond donors (Lipinski definition) is 1. The highest BCUT2D eigenvalue weighted by Crippen LogP contribution is 2.30. The molecule has 1 fully saturated rings. The molecule has 4 nitrogen and oxygen atoms in total. The summed E-state index contributed by atoms with van der Waals surface area (Å²) in [5, 5.41) is 2.71. The Morgan fingerprint density at radius 2 is 2.24 bits per heavy atom. The summed E-state index contributed by atoms with van der Waals surface area (Å²) >= 11 is 5.73. The molecule has 8 heteroatoms. The van der Waals surface area contributed by atoms with Gasteiger partial charge in [0.25, 0.3) is 5.91 Å².